The molecule has 0 atom stereocenters. The van der Waals surface area contributed by atoms with Crippen molar-refractivity contribution in [1.29, 1.82) is 5.26 Å². The van der Waals surface area contributed by atoms with Gasteiger partial charge in [0.15, 0.2) is 0 Å². The van der Waals surface area contributed by atoms with Crippen LogP contribution in [0.25, 0.3) is 11.6 Å². The molecule has 0 aliphatic carbocycles. The molecule has 20 heavy (non-hydrogen) atoms. The molecule has 0 amide bonds. The number of benzene rings is 2. The van der Waals surface area contributed by atoms with Gasteiger partial charge in [0.2, 0.25) is 0 Å². The summed E-state index contributed by atoms with van der Waals surface area (Å²) in [7, 11) is 1.60. The molecule has 2 aromatic rings. The molecule has 2 aromatic carbocycles. The second-order valence-electron chi connectivity index (χ2n) is 4.04. The van der Waals surface area contributed by atoms with Gasteiger partial charge in [0.05, 0.1) is 18.8 Å². The van der Waals surface area contributed by atoms with Crippen molar-refractivity contribution in [2.45, 2.75) is 0 Å². The van der Waals surface area contributed by atoms with E-state index in [1.54, 1.807) is 19.3 Å². The molecule has 0 bridgehead atoms. The summed E-state index contributed by atoms with van der Waals surface area (Å²) in [5.74, 6) is 0.702. The van der Waals surface area contributed by atoms with Gasteiger partial charge in [0.25, 0.3) is 0 Å². The quantitative estimate of drug-likeness (QED) is 0.566. The highest BCUT2D eigenvalue weighted by Crippen LogP contribution is 2.29. The van der Waals surface area contributed by atoms with Gasteiger partial charge in [-0.3, -0.25) is 0 Å². The lowest BCUT2D eigenvalue weighted by Gasteiger charge is -2.07. The summed E-state index contributed by atoms with van der Waals surface area (Å²) in [6, 6.07) is 15.1. The molecule has 0 aliphatic heterocycles. The Bertz CT molecular complexity index is 704. The molecule has 0 aromatic heterocycles. The fourth-order valence-electron chi connectivity index (χ4n) is 1.82. The summed E-state index contributed by atoms with van der Waals surface area (Å²) in [5, 5.41) is 9.92. The molecule has 0 N–H and O–H groups in total. The fourth-order valence-corrected chi connectivity index (χ4v) is 2.44. The number of nitrogens with zero attached hydrogens (tertiary/aromatic N) is 1. The molecule has 100 valence electrons. The van der Waals surface area contributed by atoms with Crippen molar-refractivity contribution in [1.82, 2.24) is 0 Å². The van der Waals surface area contributed by atoms with Gasteiger partial charge < -0.3 is 4.74 Å². The van der Waals surface area contributed by atoms with Crippen LogP contribution in [0.1, 0.15) is 11.1 Å². The third-order valence-electron chi connectivity index (χ3n) is 2.78. The van der Waals surface area contributed by atoms with Crippen molar-refractivity contribution >= 4 is 39.2 Å². The summed E-state index contributed by atoms with van der Waals surface area (Å²) in [5.41, 5.74) is 2.02. The van der Waals surface area contributed by atoms with Crippen LogP contribution < -0.4 is 4.74 Å². The first-order chi connectivity index (χ1) is 9.65. The zero-order valence-electron chi connectivity index (χ0n) is 10.7. The summed E-state index contributed by atoms with van der Waals surface area (Å²) in [6.07, 6.45) is 1.77. The lowest BCUT2D eigenvalue weighted by molar-refractivity contribution is 0.414. The molecule has 0 fully saturated rings. The Hall–Kier alpha value is -1.76. The Labute approximate surface area is 131 Å². The van der Waals surface area contributed by atoms with E-state index in [4.69, 9.17) is 16.3 Å². The Morgan fingerprint density at radius 1 is 1.30 bits per heavy atom. The van der Waals surface area contributed by atoms with Gasteiger partial charge in [-0.2, -0.15) is 5.26 Å². The van der Waals surface area contributed by atoms with E-state index < -0.39 is 0 Å². The van der Waals surface area contributed by atoms with Gasteiger partial charge in [-0.05, 0) is 30.3 Å². The van der Waals surface area contributed by atoms with Crippen LogP contribution in [0.5, 0.6) is 5.75 Å². The maximum atomic E-state index is 9.37. The SMILES string of the molecule is COc1ccc(Br)cc1C=C(C#N)c1ccccc1Cl. The number of nitriles is 1. The summed E-state index contributed by atoms with van der Waals surface area (Å²) in [4.78, 5) is 0. The van der Waals surface area contributed by atoms with Crippen molar-refractivity contribution in [3.63, 3.8) is 0 Å². The van der Waals surface area contributed by atoms with Gasteiger partial charge in [-0.25, -0.2) is 0 Å². The first-order valence-electron chi connectivity index (χ1n) is 5.86. The molecule has 0 unspecified atom stereocenters. The third kappa shape index (κ3) is 3.22. The maximum absolute atomic E-state index is 9.37. The van der Waals surface area contributed by atoms with Crippen LogP contribution in [0.15, 0.2) is 46.9 Å². The largest absolute Gasteiger partial charge is 0.496 e. The first kappa shape index (κ1) is 14.6. The second kappa shape index (κ2) is 6.60. The average Bonchev–Trinajstić information content (AvgIpc) is 2.46. The van der Waals surface area contributed by atoms with Gasteiger partial charge in [-0.15, -0.1) is 0 Å². The first-order valence-corrected chi connectivity index (χ1v) is 7.03. The molecule has 2 nitrogen and oxygen atoms in total. The lowest BCUT2D eigenvalue weighted by atomic mass is 10.0. The van der Waals surface area contributed by atoms with Crippen molar-refractivity contribution in [2.75, 3.05) is 7.11 Å². The van der Waals surface area contributed by atoms with Crippen molar-refractivity contribution < 1.29 is 4.74 Å². The van der Waals surface area contributed by atoms with Crippen LogP contribution >= 0.6 is 27.5 Å². The molecule has 4 heteroatoms. The van der Waals surface area contributed by atoms with Crippen LogP contribution in [0, 0.1) is 11.3 Å². The standard InChI is InChI=1S/C16H11BrClNO/c1-20-16-7-6-13(17)9-11(16)8-12(10-19)14-4-2-3-5-15(14)18/h2-9H,1H3. The Kier molecular flexibility index (Phi) is 4.84. The monoisotopic (exact) mass is 347 g/mol. The number of ether oxygens (including phenoxy) is 1. The van der Waals surface area contributed by atoms with Gasteiger partial charge in [-0.1, -0.05) is 45.7 Å². The summed E-state index contributed by atoms with van der Waals surface area (Å²) < 4.78 is 6.22. The number of halogens is 2. The Morgan fingerprint density at radius 3 is 2.70 bits per heavy atom. The topological polar surface area (TPSA) is 33.0 Å². The van der Waals surface area contributed by atoms with E-state index in [0.29, 0.717) is 21.9 Å². The molecule has 0 aliphatic rings. The van der Waals surface area contributed by atoms with E-state index in [0.717, 1.165) is 10.0 Å². The van der Waals surface area contributed by atoms with Crippen LogP contribution in [-0.2, 0) is 0 Å². The predicted molar refractivity (Wildman–Crippen MR) is 85.6 cm³/mol. The highest BCUT2D eigenvalue weighted by atomic mass is 79.9. The third-order valence-corrected chi connectivity index (χ3v) is 3.60. The molecular formula is C16H11BrClNO. The normalized spacial score (nSPS) is 11.0. The minimum Gasteiger partial charge on any atom is -0.496 e. The highest BCUT2D eigenvalue weighted by Gasteiger charge is 2.08. The number of hydrogen-bond acceptors (Lipinski definition) is 2. The van der Waals surface area contributed by atoms with Gasteiger partial charge in [0, 0.05) is 20.6 Å². The van der Waals surface area contributed by atoms with Crippen LogP contribution in [0.3, 0.4) is 0 Å². The van der Waals surface area contributed by atoms with Crippen molar-refractivity contribution in [3.8, 4) is 11.8 Å². The zero-order valence-corrected chi connectivity index (χ0v) is 13.1. The lowest BCUT2D eigenvalue weighted by Crippen LogP contribution is -1.89. The minimum atomic E-state index is 0.493. The number of allylic oxidation sites excluding steroid dienone is 1. The molecule has 0 saturated carbocycles. The average molecular weight is 349 g/mol. The molecule has 2 rings (SSSR count). The van der Waals surface area contributed by atoms with Crippen LogP contribution in [0.2, 0.25) is 5.02 Å². The summed E-state index contributed by atoms with van der Waals surface area (Å²) in [6.45, 7) is 0. The van der Waals surface area contributed by atoms with E-state index in [1.165, 1.54) is 0 Å². The predicted octanol–water partition coefficient (Wildman–Crippen LogP) is 5.18. The molecular weight excluding hydrogens is 338 g/mol. The Morgan fingerprint density at radius 2 is 2.05 bits per heavy atom. The smallest absolute Gasteiger partial charge is 0.126 e. The number of methoxy groups -OCH3 is 1. The van der Waals surface area contributed by atoms with E-state index in [1.807, 2.05) is 36.4 Å². The second-order valence-corrected chi connectivity index (χ2v) is 5.36. The summed E-state index contributed by atoms with van der Waals surface area (Å²) >= 11 is 9.55. The highest BCUT2D eigenvalue weighted by molar-refractivity contribution is 9.10. The maximum Gasteiger partial charge on any atom is 0.126 e. The van der Waals surface area contributed by atoms with Gasteiger partial charge >= 0.3 is 0 Å². The molecule has 0 saturated heterocycles. The molecule has 0 spiro atoms. The molecule has 0 heterocycles. The van der Waals surface area contributed by atoms with Crippen molar-refractivity contribution in [2.24, 2.45) is 0 Å². The van der Waals surface area contributed by atoms with Crippen LogP contribution in [0.4, 0.5) is 0 Å². The minimum absolute atomic E-state index is 0.493. The number of hydrogen-bond donors (Lipinski definition) is 0. The van der Waals surface area contributed by atoms with E-state index in [2.05, 4.69) is 22.0 Å². The zero-order chi connectivity index (χ0) is 14.5. The van der Waals surface area contributed by atoms with Crippen LogP contribution in [-0.4, -0.2) is 7.11 Å². The van der Waals surface area contributed by atoms with E-state index in [9.17, 15) is 5.26 Å². The van der Waals surface area contributed by atoms with E-state index in [-0.39, 0.29) is 0 Å². The van der Waals surface area contributed by atoms with Crippen molar-refractivity contribution in [3.05, 3.63) is 63.1 Å². The molecule has 0 radical (unpaired) electrons. The van der Waals surface area contributed by atoms with Gasteiger partial charge in [0.1, 0.15) is 5.75 Å². The number of rotatable bonds is 3. The van der Waals surface area contributed by atoms with E-state index >= 15 is 0 Å². The Balaban J connectivity index is 2.56. The fraction of sp³-hybridized carbons (Fsp3) is 0.0625.